The highest BCUT2D eigenvalue weighted by molar-refractivity contribution is 8.03. The van der Waals surface area contributed by atoms with Crippen molar-refractivity contribution in [1.82, 2.24) is 0 Å². The summed E-state index contributed by atoms with van der Waals surface area (Å²) in [7, 11) is -2.35. The maximum absolute atomic E-state index is 10.9. The molecule has 1 aliphatic rings. The lowest BCUT2D eigenvalue weighted by atomic mass is 10.2. The second-order valence-corrected chi connectivity index (χ2v) is 8.19. The first-order valence-corrected chi connectivity index (χ1v) is 10.0. The lowest BCUT2D eigenvalue weighted by molar-refractivity contribution is 0.414. The van der Waals surface area contributed by atoms with E-state index < -0.39 is 10.1 Å². The molecule has 0 spiro atoms. The van der Waals surface area contributed by atoms with Crippen LogP contribution in [-0.2, 0) is 10.1 Å². The number of allylic oxidation sites excluding steroid dienone is 1. The molecule has 0 radical (unpaired) electrons. The first-order chi connectivity index (χ1) is 10.8. The molecule has 23 heavy (non-hydrogen) atoms. The number of benzene rings is 1. The fourth-order valence-electron chi connectivity index (χ4n) is 2.19. The van der Waals surface area contributed by atoms with Crippen molar-refractivity contribution in [3.63, 3.8) is 0 Å². The van der Waals surface area contributed by atoms with Gasteiger partial charge in [0.05, 0.1) is 23.6 Å². The van der Waals surface area contributed by atoms with E-state index in [1.165, 1.54) is 0 Å². The standard InChI is InChI=1S/C15H19NO4S3/c1-3-12(21)10-15-16(7-4-8-23(17,18)19)13-9-11(20-2)5-6-14(13)22-15/h5-6,9-10H,3-4,7-8H2,1-2H3,(H,17,18,19)/b15-10+. The van der Waals surface area contributed by atoms with Crippen LogP contribution in [0.4, 0.5) is 5.69 Å². The van der Waals surface area contributed by atoms with Crippen molar-refractivity contribution in [3.8, 4) is 5.75 Å². The Morgan fingerprint density at radius 2 is 2.22 bits per heavy atom. The minimum absolute atomic E-state index is 0.265. The Balaban J connectivity index is 2.27. The maximum Gasteiger partial charge on any atom is 0.264 e. The monoisotopic (exact) mass is 373 g/mol. The zero-order valence-corrected chi connectivity index (χ0v) is 15.4. The van der Waals surface area contributed by atoms with Crippen LogP contribution in [0.15, 0.2) is 34.2 Å². The molecule has 1 aliphatic heterocycles. The summed E-state index contributed by atoms with van der Waals surface area (Å²) >= 11 is 6.90. The Morgan fingerprint density at radius 3 is 2.83 bits per heavy atom. The van der Waals surface area contributed by atoms with Crippen molar-refractivity contribution in [2.24, 2.45) is 0 Å². The summed E-state index contributed by atoms with van der Waals surface area (Å²) in [6, 6.07) is 5.79. The van der Waals surface area contributed by atoms with E-state index in [9.17, 15) is 8.42 Å². The molecule has 0 atom stereocenters. The highest BCUT2D eigenvalue weighted by Gasteiger charge is 2.26. The van der Waals surface area contributed by atoms with Gasteiger partial charge in [0.25, 0.3) is 10.1 Å². The van der Waals surface area contributed by atoms with Gasteiger partial charge < -0.3 is 9.64 Å². The number of nitrogens with zero attached hydrogens (tertiary/aromatic N) is 1. The fraction of sp³-hybridized carbons (Fsp3) is 0.400. The minimum atomic E-state index is -3.95. The van der Waals surface area contributed by atoms with Gasteiger partial charge in [0.2, 0.25) is 0 Å². The van der Waals surface area contributed by atoms with Gasteiger partial charge in [-0.05, 0) is 31.1 Å². The van der Waals surface area contributed by atoms with E-state index in [1.807, 2.05) is 36.1 Å². The SMILES string of the molecule is CCC(=S)/C=C1/Sc2ccc(OC)cc2N1CCCS(=O)(=O)O. The molecule has 0 fully saturated rings. The third-order valence-corrected chi connectivity index (χ3v) is 5.68. The highest BCUT2D eigenvalue weighted by Crippen LogP contribution is 2.47. The fourth-order valence-corrected chi connectivity index (χ4v) is 4.01. The lowest BCUT2D eigenvalue weighted by Gasteiger charge is -2.20. The van der Waals surface area contributed by atoms with Gasteiger partial charge >= 0.3 is 0 Å². The van der Waals surface area contributed by atoms with E-state index in [4.69, 9.17) is 21.5 Å². The molecular formula is C15H19NO4S3. The number of ether oxygens (including phenoxy) is 1. The van der Waals surface area contributed by atoms with Gasteiger partial charge in [-0.2, -0.15) is 8.42 Å². The van der Waals surface area contributed by atoms with Crippen LogP contribution < -0.4 is 9.64 Å². The van der Waals surface area contributed by atoms with Crippen LogP contribution in [0.1, 0.15) is 19.8 Å². The van der Waals surface area contributed by atoms with E-state index in [1.54, 1.807) is 18.9 Å². The van der Waals surface area contributed by atoms with E-state index in [0.29, 0.717) is 13.0 Å². The smallest absolute Gasteiger partial charge is 0.264 e. The molecule has 1 aromatic carbocycles. The molecule has 1 aromatic rings. The third-order valence-electron chi connectivity index (χ3n) is 3.35. The second kappa shape index (κ2) is 7.65. The number of rotatable bonds is 7. The molecule has 1 heterocycles. The molecule has 0 aliphatic carbocycles. The molecule has 0 unspecified atom stereocenters. The number of hydrogen-bond acceptors (Lipinski definition) is 6. The zero-order valence-electron chi connectivity index (χ0n) is 13.0. The van der Waals surface area contributed by atoms with Gasteiger partial charge in [-0.25, -0.2) is 0 Å². The van der Waals surface area contributed by atoms with Gasteiger partial charge in [-0.3, -0.25) is 4.55 Å². The van der Waals surface area contributed by atoms with Gasteiger partial charge in [-0.1, -0.05) is 30.9 Å². The Labute approximate surface area is 146 Å². The Bertz CT molecular complexity index is 728. The van der Waals surface area contributed by atoms with E-state index >= 15 is 0 Å². The number of methoxy groups -OCH3 is 1. The first-order valence-electron chi connectivity index (χ1n) is 7.17. The molecule has 126 valence electrons. The predicted molar refractivity (Wildman–Crippen MR) is 98.2 cm³/mol. The Morgan fingerprint density at radius 1 is 1.48 bits per heavy atom. The van der Waals surface area contributed by atoms with Crippen molar-refractivity contribution in [3.05, 3.63) is 29.3 Å². The van der Waals surface area contributed by atoms with Crippen molar-refractivity contribution < 1.29 is 17.7 Å². The number of fused-ring (bicyclic) bond motifs is 1. The molecule has 5 nitrogen and oxygen atoms in total. The van der Waals surface area contributed by atoms with Crippen LogP contribution in [0.3, 0.4) is 0 Å². The van der Waals surface area contributed by atoms with Crippen molar-refractivity contribution in [2.45, 2.75) is 24.7 Å². The molecule has 2 rings (SSSR count). The lowest BCUT2D eigenvalue weighted by Crippen LogP contribution is -2.22. The molecule has 0 saturated heterocycles. The Kier molecular flexibility index (Phi) is 6.07. The average Bonchev–Trinajstić information content (AvgIpc) is 2.82. The van der Waals surface area contributed by atoms with E-state index in [-0.39, 0.29) is 5.75 Å². The molecule has 8 heteroatoms. The summed E-state index contributed by atoms with van der Waals surface area (Å²) in [5.74, 6) is 0.474. The number of anilines is 1. The zero-order chi connectivity index (χ0) is 17.0. The van der Waals surface area contributed by atoms with Crippen molar-refractivity contribution >= 4 is 44.6 Å². The number of thioether (sulfide) groups is 1. The first kappa shape index (κ1) is 18.3. The van der Waals surface area contributed by atoms with Gasteiger partial charge in [0, 0.05) is 22.4 Å². The normalized spacial score (nSPS) is 15.8. The van der Waals surface area contributed by atoms with E-state index in [0.717, 1.165) is 32.6 Å². The molecule has 1 N–H and O–H groups in total. The molecule has 0 amide bonds. The molecule has 0 saturated carbocycles. The number of hydrogen-bond donors (Lipinski definition) is 1. The van der Waals surface area contributed by atoms with E-state index in [2.05, 4.69) is 0 Å². The summed E-state index contributed by atoms with van der Waals surface area (Å²) in [5.41, 5.74) is 0.967. The summed E-state index contributed by atoms with van der Waals surface area (Å²) in [6.45, 7) is 2.48. The molecule has 0 aromatic heterocycles. The van der Waals surface area contributed by atoms with Crippen LogP contribution in [0.5, 0.6) is 5.75 Å². The van der Waals surface area contributed by atoms with Crippen LogP contribution in [0.2, 0.25) is 0 Å². The van der Waals surface area contributed by atoms with Crippen LogP contribution in [-0.4, -0.2) is 37.2 Å². The van der Waals surface area contributed by atoms with Gasteiger partial charge in [0.15, 0.2) is 0 Å². The van der Waals surface area contributed by atoms with Crippen molar-refractivity contribution in [1.29, 1.82) is 0 Å². The topological polar surface area (TPSA) is 66.8 Å². The third kappa shape index (κ3) is 4.94. The van der Waals surface area contributed by atoms with Crippen LogP contribution in [0, 0.1) is 0 Å². The predicted octanol–water partition coefficient (Wildman–Crippen LogP) is 3.51. The highest BCUT2D eigenvalue weighted by atomic mass is 32.2. The summed E-state index contributed by atoms with van der Waals surface area (Å²) in [6.07, 6.45) is 3.05. The summed E-state index contributed by atoms with van der Waals surface area (Å²) < 4.78 is 36.0. The molecular weight excluding hydrogens is 354 g/mol. The summed E-state index contributed by atoms with van der Waals surface area (Å²) in [5, 5.41) is 0.968. The maximum atomic E-state index is 10.9. The number of thiocarbonyl (C=S) groups is 1. The quantitative estimate of drug-likeness (QED) is 0.446. The average molecular weight is 374 g/mol. The second-order valence-electron chi connectivity index (χ2n) is 5.03. The molecule has 0 bridgehead atoms. The van der Waals surface area contributed by atoms with Crippen LogP contribution in [0.25, 0.3) is 0 Å². The van der Waals surface area contributed by atoms with Gasteiger partial charge in [-0.15, -0.1) is 0 Å². The Hall–Kier alpha value is -1.09. The summed E-state index contributed by atoms with van der Waals surface area (Å²) in [4.78, 5) is 3.94. The van der Waals surface area contributed by atoms with Gasteiger partial charge in [0.1, 0.15) is 5.75 Å². The minimum Gasteiger partial charge on any atom is -0.497 e. The largest absolute Gasteiger partial charge is 0.497 e. The van der Waals surface area contributed by atoms with Crippen LogP contribution >= 0.6 is 24.0 Å². The van der Waals surface area contributed by atoms with Crippen molar-refractivity contribution in [2.75, 3.05) is 24.3 Å².